The second-order valence-electron chi connectivity index (χ2n) is 29.7. The molecule has 18 atom stereocenters. The quantitative estimate of drug-likeness (QED) is 0.0579. The number of nitrogens with zero attached hydrogens (tertiary/aromatic N) is 1. The highest BCUT2D eigenvalue weighted by atomic mass is 35.5. The standard InChI is InChI=1S/C79H83Cl4N11O25/c1-30(2)12-46(85-5)71(106)93-61-63(100)34-7-10-50(44(82)15-34)115-52-17-36-18-53(67(52)119-78-68(66(103)65(102)54(29-95)117-78)118-56-25-79(4,69(104)31(3)114-56)87-27-32-13-37(28-86-26-32)70(105)88-40-20-38(80)19-39(81)21-40)116-51-11-8-35(16-45(51)83)64(101)62-76(111)92-60(77(112)113)43-22-41(96)23-49(98)57(43)42-14-33(6-9-48(42)97)58(73(108)94-62)91-74(109)59(36)90-72(107)47(24-55(84)99)89-75(61)110/h6-11,13-23,26,28,30-31,46-47,54,56,58-66,68-69,78,85,87,95-98,100-104H,12,24-25,27,29H2,1-5H3,(H2,84,99)(H,88,105)(H,89,110)(H,90,107)(H,91,109)(H,92,111)(H,93,106)(H,94,108)(H,112,113)/t31?,46-,47-,54-,56-,58-,59?,60+,61+,62+,63+,64+,65+,66+,68+,69-,78?,79?/m0/s1. The molecule has 632 valence electrons. The monoisotopic (exact) mass is 1730 g/mol. The molecule has 40 heteroatoms. The summed E-state index contributed by atoms with van der Waals surface area (Å²) in [7, 11) is 1.47. The zero-order valence-corrected chi connectivity index (χ0v) is 66.6. The molecule has 6 aromatic carbocycles. The van der Waals surface area contributed by atoms with Crippen LogP contribution in [0.1, 0.15) is 121 Å². The zero-order chi connectivity index (χ0) is 86.1. The lowest BCUT2D eigenvalue weighted by Crippen LogP contribution is -2.65. The number of aliphatic carboxylic acids is 1. The van der Waals surface area contributed by atoms with Gasteiger partial charge in [-0.25, -0.2) is 4.79 Å². The lowest BCUT2D eigenvalue weighted by Gasteiger charge is -2.48. The minimum atomic E-state index is -2.39. The van der Waals surface area contributed by atoms with Crippen LogP contribution in [0.25, 0.3) is 11.1 Å². The number of phenolic OH excluding ortho intramolecular Hbond substituents is 3. The van der Waals surface area contributed by atoms with Crippen molar-refractivity contribution in [3.8, 4) is 57.1 Å². The molecule has 2 saturated heterocycles. The van der Waals surface area contributed by atoms with Crippen molar-refractivity contribution in [1.82, 2.24) is 47.5 Å². The molecule has 0 saturated carbocycles. The Bertz CT molecular complexity index is 5110. The fourth-order valence-electron chi connectivity index (χ4n) is 14.5. The van der Waals surface area contributed by atoms with Crippen molar-refractivity contribution in [3.05, 3.63) is 175 Å². The largest absolute Gasteiger partial charge is 0.508 e. The number of ether oxygens (including phenoxy) is 6. The third kappa shape index (κ3) is 19.4. The van der Waals surface area contributed by atoms with Crippen LogP contribution in [0, 0.1) is 5.92 Å². The number of aromatic nitrogens is 1. The second kappa shape index (κ2) is 36.4. The van der Waals surface area contributed by atoms with Crippen molar-refractivity contribution in [2.45, 2.75) is 163 Å². The molecule has 11 bridgehead atoms. The van der Waals surface area contributed by atoms with Crippen LogP contribution >= 0.6 is 46.4 Å². The van der Waals surface area contributed by atoms with Crippen molar-refractivity contribution >= 4 is 105 Å². The Morgan fingerprint density at radius 2 is 1.32 bits per heavy atom. The van der Waals surface area contributed by atoms with Gasteiger partial charge in [-0.3, -0.25) is 43.3 Å². The van der Waals surface area contributed by atoms with Crippen LogP contribution < -0.4 is 67.8 Å². The molecule has 1 aromatic heterocycles. The molecule has 36 nitrogen and oxygen atoms in total. The number of nitrogens with one attached hydrogen (secondary N) is 9. The molecule has 4 unspecified atom stereocenters. The Hall–Kier alpha value is -10.8. The molecule has 7 aromatic rings. The molecule has 8 amide bonds. The first-order valence-electron chi connectivity index (χ1n) is 37.0. The number of phenols is 3. The van der Waals surface area contributed by atoms with Crippen molar-refractivity contribution in [3.63, 3.8) is 0 Å². The number of hydrogen-bond acceptors (Lipinski definition) is 27. The molecule has 119 heavy (non-hydrogen) atoms. The normalized spacial score (nSPS) is 26.7. The van der Waals surface area contributed by atoms with Gasteiger partial charge in [-0.2, -0.15) is 0 Å². The number of nitrogens with two attached hydrogens (primary N) is 1. The Labute approximate surface area is 696 Å². The average molecular weight is 1730 g/mol. The topological polar surface area (TPSA) is 558 Å². The van der Waals surface area contributed by atoms with E-state index < -0.39 is 248 Å². The number of carboxylic acid groups (broad SMARTS) is 1. The number of aromatic hydroxyl groups is 3. The van der Waals surface area contributed by atoms with E-state index >= 15 is 14.4 Å². The summed E-state index contributed by atoms with van der Waals surface area (Å²) in [6, 6.07) is 5.00. The number of aliphatic hydroxyl groups excluding tert-OH is 6. The molecule has 21 N–H and O–H groups in total. The number of carboxylic acids is 1. The number of primary amides is 1. The molecular formula is C79H83Cl4N11O25. The highest BCUT2D eigenvalue weighted by Crippen LogP contribution is 2.50. The summed E-state index contributed by atoms with van der Waals surface area (Å²) < 4.78 is 39.4. The number of carbonyl (C=O) groups excluding carboxylic acids is 8. The summed E-state index contributed by atoms with van der Waals surface area (Å²) in [6.07, 6.45) is -16.6. The van der Waals surface area contributed by atoms with Gasteiger partial charge in [0.15, 0.2) is 29.9 Å². The van der Waals surface area contributed by atoms with Crippen molar-refractivity contribution in [1.29, 1.82) is 0 Å². The first kappa shape index (κ1) is 87.5. The smallest absolute Gasteiger partial charge is 0.330 e. The van der Waals surface area contributed by atoms with Crippen LogP contribution in [0.5, 0.6) is 46.0 Å². The maximum atomic E-state index is 16.2. The number of anilines is 1. The predicted molar refractivity (Wildman–Crippen MR) is 421 cm³/mol. The molecule has 7 aliphatic heterocycles. The van der Waals surface area contributed by atoms with Crippen LogP contribution in [0.15, 0.2) is 116 Å². The van der Waals surface area contributed by atoms with E-state index in [-0.39, 0.29) is 63.4 Å². The van der Waals surface area contributed by atoms with Gasteiger partial charge in [0, 0.05) is 69.4 Å². The Kier molecular flexibility index (Phi) is 26.8. The molecule has 0 spiro atoms. The van der Waals surface area contributed by atoms with E-state index in [1.54, 1.807) is 13.0 Å². The Balaban J connectivity index is 1.02. The van der Waals surface area contributed by atoms with Crippen LogP contribution in [0.4, 0.5) is 5.69 Å². The van der Waals surface area contributed by atoms with Gasteiger partial charge in [0.25, 0.3) is 5.91 Å². The van der Waals surface area contributed by atoms with Crippen molar-refractivity contribution in [2.24, 2.45) is 11.7 Å². The molecule has 0 aliphatic carbocycles. The highest BCUT2D eigenvalue weighted by molar-refractivity contribution is 6.35. The summed E-state index contributed by atoms with van der Waals surface area (Å²) in [5.41, 5.74) is 2.29. The van der Waals surface area contributed by atoms with Crippen LogP contribution in [0.3, 0.4) is 0 Å². The third-order valence-electron chi connectivity index (χ3n) is 20.6. The van der Waals surface area contributed by atoms with Gasteiger partial charge in [0.1, 0.15) is 89.5 Å². The summed E-state index contributed by atoms with van der Waals surface area (Å²) >= 11 is 26.7. The maximum absolute atomic E-state index is 16.2. The summed E-state index contributed by atoms with van der Waals surface area (Å²) in [5.74, 6) is -16.9. The summed E-state index contributed by atoms with van der Waals surface area (Å²) in [5, 5.41) is 140. The zero-order valence-electron chi connectivity index (χ0n) is 63.5. The van der Waals surface area contributed by atoms with Gasteiger partial charge in [0.2, 0.25) is 53.4 Å². The number of fused-ring (bicyclic) bond motifs is 15. The van der Waals surface area contributed by atoms with Crippen LogP contribution in [-0.2, 0) is 59.1 Å². The first-order valence-corrected chi connectivity index (χ1v) is 38.5. The number of rotatable bonds is 18. The van der Waals surface area contributed by atoms with Crippen molar-refractivity contribution in [2.75, 3.05) is 19.0 Å². The number of aliphatic hydroxyl groups is 6. The minimum absolute atomic E-state index is 0.0494. The number of hydrogen-bond donors (Lipinski definition) is 20. The number of likely N-dealkylation sites (N-methyl/N-ethyl adjacent to an activating group) is 1. The van der Waals surface area contributed by atoms with Crippen LogP contribution in [-0.4, -0.2) is 202 Å². The average Bonchev–Trinajstić information content (AvgIpc) is 0.766. The van der Waals surface area contributed by atoms with E-state index in [2.05, 4.69) is 52.8 Å². The van der Waals surface area contributed by atoms with E-state index in [1.165, 1.54) is 56.7 Å². The van der Waals surface area contributed by atoms with E-state index in [0.29, 0.717) is 11.3 Å². The molecule has 0 radical (unpaired) electrons. The molecule has 8 heterocycles. The van der Waals surface area contributed by atoms with Gasteiger partial charge in [-0.15, -0.1) is 0 Å². The first-order chi connectivity index (χ1) is 56.4. The summed E-state index contributed by atoms with van der Waals surface area (Å²) in [6.45, 7) is 5.69. The molecule has 14 rings (SSSR count). The molecular weight excluding hydrogens is 1640 g/mol. The third-order valence-corrected chi connectivity index (χ3v) is 21.6. The lowest BCUT2D eigenvalue weighted by atomic mass is 9.84. The van der Waals surface area contributed by atoms with Gasteiger partial charge in [-0.1, -0.05) is 78.5 Å². The van der Waals surface area contributed by atoms with E-state index in [1.807, 2.05) is 13.8 Å². The second-order valence-corrected chi connectivity index (χ2v) is 31.4. The summed E-state index contributed by atoms with van der Waals surface area (Å²) in [4.78, 5) is 136. The SMILES string of the molecule is CN[C@@H](CC(C)C)C(=O)N[C@H]1C(=O)N[C@@H](CC(N)=O)C(=O)NC2C(=O)N[C@@H]3C(=O)N[C@@H](C(=O)N[C@@H](C(=O)O)c4cc(O)cc(O)c4-c4cc3ccc4O)[C@H](O)c3ccc(c(Cl)c3)Oc3cc2cc(c3OC2O[C@@H](CO)[C@@H](O)[C@@H](O)[C@H]2O[C@H]2CC(C)(NCc3cncc(C(=O)Nc4cc(Cl)cc(Cl)c4)c3)[C@@H](O)C(C)O2)Oc2ccc(cc2Cl)[C@H]1O. The van der Waals surface area contributed by atoms with Gasteiger partial charge in [0.05, 0.1) is 46.9 Å². The highest BCUT2D eigenvalue weighted by Gasteiger charge is 2.52. The van der Waals surface area contributed by atoms with Gasteiger partial charge < -0.3 is 133 Å². The lowest BCUT2D eigenvalue weighted by molar-refractivity contribution is -0.334. The van der Waals surface area contributed by atoms with E-state index in [0.717, 1.165) is 66.7 Å². The van der Waals surface area contributed by atoms with Gasteiger partial charge in [-0.05, 0) is 140 Å². The molecule has 2 fully saturated rings. The fraction of sp³-hybridized carbons (Fsp3) is 0.367. The molecule has 7 aliphatic rings. The Morgan fingerprint density at radius 1 is 0.689 bits per heavy atom. The number of pyridine rings is 1. The van der Waals surface area contributed by atoms with Crippen LogP contribution in [0.2, 0.25) is 20.1 Å². The maximum Gasteiger partial charge on any atom is 0.330 e. The van der Waals surface area contributed by atoms with Gasteiger partial charge >= 0.3 is 5.97 Å². The van der Waals surface area contributed by atoms with E-state index in [9.17, 15) is 79.8 Å². The number of amides is 8. The minimum Gasteiger partial charge on any atom is -0.508 e. The number of carbonyl (C=O) groups is 9. The van der Waals surface area contributed by atoms with E-state index in [4.69, 9.17) is 80.6 Å². The Morgan fingerprint density at radius 3 is 1.94 bits per heavy atom. The fourth-order valence-corrected chi connectivity index (χ4v) is 15.5. The van der Waals surface area contributed by atoms with Crippen molar-refractivity contribution < 1.29 is 123 Å². The number of halogens is 4. The predicted octanol–water partition coefficient (Wildman–Crippen LogP) is 3.89. The number of benzene rings is 6.